The van der Waals surface area contributed by atoms with Gasteiger partial charge in [0.1, 0.15) is 24.4 Å². The third-order valence-electron chi connectivity index (χ3n) is 14.0. The van der Waals surface area contributed by atoms with Crippen molar-refractivity contribution in [1.82, 2.24) is 46.0 Å². The molecule has 0 radical (unpaired) electrons. The van der Waals surface area contributed by atoms with Gasteiger partial charge in [-0.2, -0.15) is 5.10 Å². The maximum Gasteiger partial charge on any atom is 0.246 e. The number of unbranched alkanes of at least 4 members (excludes halogenated alkanes) is 2. The standard InChI is InChI=1S/C58H75N11O7S/c1-39(63-45-13-10-14-46(33-45)66-58(22-26-60-27-23-58)56-65-53(67-68-56)43-20-24-59-25-21-43)44-12-9-15-48(32-44)76-31-8-6-7-28-74-29-11-30-75-37-50(71)64-52(57(3,4)5)55(73)69-36-47(70)34-49(69)54(72)61-35-41-16-18-42(19-17-41)51-40(2)62-38-77-51/h9-10,12-21,24-25,32-33,38-39,47,49,52,60,63,66,70H,6-8,11,22-23,26-31,34-37H2,1-5H3,(H,61,72)(H,64,71)(H,65,67,68)/t39-,47+,49-,52+/m0/s1. The smallest absolute Gasteiger partial charge is 0.246 e. The predicted molar refractivity (Wildman–Crippen MR) is 299 cm³/mol. The van der Waals surface area contributed by atoms with Crippen molar-refractivity contribution in [3.05, 3.63) is 125 Å². The summed E-state index contributed by atoms with van der Waals surface area (Å²) in [5.74, 6) is 1.10. The number of β-amino-alcohol motifs (C(OH)–C–C–N with tert-alkyl or cyclic N) is 1. The van der Waals surface area contributed by atoms with Crippen LogP contribution in [0.25, 0.3) is 21.8 Å². The topological polar surface area (TPSA) is 230 Å². The summed E-state index contributed by atoms with van der Waals surface area (Å²) in [5.41, 5.74) is 7.72. The number of rotatable bonds is 26. The number of likely N-dealkylation sites (tertiary alicyclic amines) is 1. The summed E-state index contributed by atoms with van der Waals surface area (Å²) in [6.07, 6.45) is 7.82. The predicted octanol–water partition coefficient (Wildman–Crippen LogP) is 7.94. The minimum absolute atomic E-state index is 0.00115. The average molecular weight is 1070 g/mol. The summed E-state index contributed by atoms with van der Waals surface area (Å²) in [6, 6.07) is 26.6. The van der Waals surface area contributed by atoms with Gasteiger partial charge >= 0.3 is 0 Å². The Labute approximate surface area is 455 Å². The number of hydrogen-bond donors (Lipinski definition) is 7. The molecule has 3 aromatic carbocycles. The van der Waals surface area contributed by atoms with Crippen LogP contribution >= 0.6 is 11.3 Å². The molecule has 2 fully saturated rings. The lowest BCUT2D eigenvalue weighted by Gasteiger charge is -2.37. The largest absolute Gasteiger partial charge is 0.494 e. The third kappa shape index (κ3) is 15.7. The molecule has 0 spiro atoms. The van der Waals surface area contributed by atoms with E-state index in [0.29, 0.717) is 38.7 Å². The highest BCUT2D eigenvalue weighted by molar-refractivity contribution is 7.13. The van der Waals surface area contributed by atoms with Crippen LogP contribution in [0.4, 0.5) is 11.4 Å². The first kappa shape index (κ1) is 56.4. The Hall–Kier alpha value is -6.77. The summed E-state index contributed by atoms with van der Waals surface area (Å²) < 4.78 is 17.7. The fourth-order valence-electron chi connectivity index (χ4n) is 9.74. The van der Waals surface area contributed by atoms with Gasteiger partial charge in [0.2, 0.25) is 17.7 Å². The Morgan fingerprint density at radius 1 is 0.883 bits per heavy atom. The molecule has 8 rings (SSSR count). The summed E-state index contributed by atoms with van der Waals surface area (Å²) in [6.45, 7) is 13.5. The minimum Gasteiger partial charge on any atom is -0.494 e. The normalized spacial score (nSPS) is 17.1. The van der Waals surface area contributed by atoms with Gasteiger partial charge in [-0.25, -0.2) is 9.97 Å². The van der Waals surface area contributed by atoms with E-state index in [4.69, 9.17) is 19.2 Å². The summed E-state index contributed by atoms with van der Waals surface area (Å²) >= 11 is 1.58. The number of nitrogens with one attached hydrogen (secondary N) is 6. The zero-order valence-electron chi connectivity index (χ0n) is 45.0. The van der Waals surface area contributed by atoms with Gasteiger partial charge in [0, 0.05) is 74.7 Å². The Morgan fingerprint density at radius 3 is 2.39 bits per heavy atom. The molecule has 3 amide bonds. The van der Waals surface area contributed by atoms with Crippen LogP contribution in [0.3, 0.4) is 0 Å². The molecule has 410 valence electrons. The molecule has 19 heteroatoms. The Bertz CT molecular complexity index is 2830. The van der Waals surface area contributed by atoms with Crippen LogP contribution in [0.2, 0.25) is 0 Å². The average Bonchev–Trinajstić information content (AvgIpc) is 4.21. The number of aromatic nitrogens is 5. The lowest BCUT2D eigenvalue weighted by atomic mass is 9.85. The summed E-state index contributed by atoms with van der Waals surface area (Å²) in [4.78, 5) is 56.4. The van der Waals surface area contributed by atoms with E-state index in [-0.39, 0.29) is 38.1 Å². The molecule has 0 unspecified atom stereocenters. The molecule has 5 heterocycles. The number of H-pyrrole nitrogens is 1. The highest BCUT2D eigenvalue weighted by Gasteiger charge is 2.44. The Kier molecular flexibility index (Phi) is 19.8. The van der Waals surface area contributed by atoms with Crippen LogP contribution in [-0.2, 0) is 35.9 Å². The number of anilines is 2. The first-order chi connectivity index (χ1) is 37.2. The second-order valence-corrected chi connectivity index (χ2v) is 21.9. The van der Waals surface area contributed by atoms with Crippen molar-refractivity contribution in [2.24, 2.45) is 5.41 Å². The molecule has 3 aromatic heterocycles. The molecule has 77 heavy (non-hydrogen) atoms. The molecule has 0 saturated carbocycles. The number of aryl methyl sites for hydroxylation is 1. The molecule has 0 bridgehead atoms. The highest BCUT2D eigenvalue weighted by Crippen LogP contribution is 2.35. The highest BCUT2D eigenvalue weighted by atomic mass is 32.1. The number of piperidine rings is 1. The van der Waals surface area contributed by atoms with Crippen LogP contribution in [0, 0.1) is 12.3 Å². The van der Waals surface area contributed by atoms with Crippen molar-refractivity contribution in [2.75, 3.05) is 63.3 Å². The van der Waals surface area contributed by atoms with Crippen molar-refractivity contribution < 1.29 is 33.7 Å². The Morgan fingerprint density at radius 2 is 1.62 bits per heavy atom. The number of ether oxygens (including phenoxy) is 3. The van der Waals surface area contributed by atoms with Gasteiger partial charge in [-0.3, -0.25) is 24.5 Å². The van der Waals surface area contributed by atoms with Gasteiger partial charge in [0.05, 0.1) is 34.3 Å². The van der Waals surface area contributed by atoms with Crippen LogP contribution in [0.5, 0.6) is 5.75 Å². The van der Waals surface area contributed by atoms with E-state index < -0.39 is 41.0 Å². The molecule has 0 aliphatic carbocycles. The van der Waals surface area contributed by atoms with Gasteiger partial charge in [0.15, 0.2) is 11.6 Å². The second kappa shape index (κ2) is 27.0. The van der Waals surface area contributed by atoms with Crippen LogP contribution in [0.1, 0.15) is 101 Å². The Balaban J connectivity index is 0.690. The molecule has 2 aliphatic heterocycles. The number of thiazole rings is 1. The molecular formula is C58H75N11O7S. The lowest BCUT2D eigenvalue weighted by molar-refractivity contribution is -0.144. The van der Waals surface area contributed by atoms with E-state index in [0.717, 1.165) is 101 Å². The number of aromatic amines is 1. The maximum atomic E-state index is 14.0. The van der Waals surface area contributed by atoms with Gasteiger partial charge in [-0.05, 0) is 130 Å². The van der Waals surface area contributed by atoms with E-state index in [1.807, 2.05) is 81.7 Å². The number of aliphatic hydroxyl groups is 1. The molecule has 2 aliphatic rings. The van der Waals surface area contributed by atoms with E-state index in [2.05, 4.69) is 90.1 Å². The number of pyridine rings is 1. The van der Waals surface area contributed by atoms with Crippen molar-refractivity contribution in [3.63, 3.8) is 0 Å². The monoisotopic (exact) mass is 1070 g/mol. The SMILES string of the molecule is Cc1ncsc1-c1ccc(CNC(=O)[C@@H]2C[C@@H](O)CN2C(=O)[C@@H](NC(=O)COCCCOCCCCCOc2cccc([C@H](C)Nc3cccc(NC4(c5nc(-c6ccncc6)n[nH]5)CCNCC4)c3)c2)C(C)(C)C)cc1. The zero-order valence-corrected chi connectivity index (χ0v) is 45.8. The fraction of sp³-hybridized carbons (Fsp3) is 0.466. The first-order valence-corrected chi connectivity index (χ1v) is 27.7. The lowest BCUT2D eigenvalue weighted by Crippen LogP contribution is -2.58. The molecular weight excluding hydrogens is 995 g/mol. The van der Waals surface area contributed by atoms with Crippen molar-refractivity contribution in [2.45, 2.75) is 116 Å². The minimum atomic E-state index is -0.940. The number of carbonyl (C=O) groups is 3. The van der Waals surface area contributed by atoms with Gasteiger partial charge in [0.25, 0.3) is 0 Å². The number of nitrogens with zero attached hydrogens (tertiary/aromatic N) is 5. The van der Waals surface area contributed by atoms with E-state index in [1.54, 1.807) is 23.7 Å². The van der Waals surface area contributed by atoms with Crippen molar-refractivity contribution >= 4 is 40.4 Å². The second-order valence-electron chi connectivity index (χ2n) is 21.1. The molecule has 18 nitrogen and oxygen atoms in total. The number of benzene rings is 3. The molecule has 2 saturated heterocycles. The van der Waals surface area contributed by atoms with Crippen LogP contribution in [-0.4, -0.2) is 124 Å². The molecule has 7 N–H and O–H groups in total. The fourth-order valence-corrected chi connectivity index (χ4v) is 10.5. The van der Waals surface area contributed by atoms with Crippen molar-refractivity contribution in [1.29, 1.82) is 0 Å². The van der Waals surface area contributed by atoms with E-state index in [1.165, 1.54) is 4.90 Å². The summed E-state index contributed by atoms with van der Waals surface area (Å²) in [5, 5.41) is 35.2. The maximum absolute atomic E-state index is 14.0. The zero-order chi connectivity index (χ0) is 54.2. The van der Waals surface area contributed by atoms with Gasteiger partial charge < -0.3 is 50.8 Å². The number of carbonyl (C=O) groups excluding carboxylic acids is 3. The number of amides is 3. The van der Waals surface area contributed by atoms with E-state index >= 15 is 0 Å². The number of hydrogen-bond acceptors (Lipinski definition) is 15. The number of aliphatic hydroxyl groups excluding tert-OH is 1. The molecule has 4 atom stereocenters. The molecule has 6 aromatic rings. The van der Waals surface area contributed by atoms with Crippen LogP contribution in [0.15, 0.2) is 103 Å². The third-order valence-corrected chi connectivity index (χ3v) is 15.0. The summed E-state index contributed by atoms with van der Waals surface area (Å²) in [7, 11) is 0. The quantitative estimate of drug-likeness (QED) is 0.0256. The van der Waals surface area contributed by atoms with Gasteiger partial charge in [-0.1, -0.05) is 63.2 Å². The van der Waals surface area contributed by atoms with Crippen molar-refractivity contribution in [3.8, 4) is 27.6 Å². The van der Waals surface area contributed by atoms with Crippen LogP contribution < -0.4 is 31.3 Å². The van der Waals surface area contributed by atoms with Gasteiger partial charge in [-0.15, -0.1) is 11.3 Å². The first-order valence-electron chi connectivity index (χ1n) is 26.9. The van der Waals surface area contributed by atoms with E-state index in [9.17, 15) is 19.5 Å².